The summed E-state index contributed by atoms with van der Waals surface area (Å²) < 4.78 is 5.69. The van der Waals surface area contributed by atoms with E-state index in [4.69, 9.17) is 4.74 Å². The monoisotopic (exact) mass is 483 g/mol. The van der Waals surface area contributed by atoms with Crippen LogP contribution in [0, 0.1) is 0 Å². The van der Waals surface area contributed by atoms with E-state index in [0.717, 1.165) is 24.0 Å². The van der Waals surface area contributed by atoms with Crippen LogP contribution in [-0.2, 0) is 17.9 Å². The molecule has 2 N–H and O–H groups in total. The lowest BCUT2D eigenvalue weighted by atomic mass is 10.2. The molecule has 0 unspecified atom stereocenters. The lowest BCUT2D eigenvalue weighted by Crippen LogP contribution is -2.39. The lowest BCUT2D eigenvalue weighted by Gasteiger charge is -2.13. The Morgan fingerprint density at radius 2 is 1.85 bits per heavy atom. The first-order valence-corrected chi connectivity index (χ1v) is 8.96. The molecule has 0 aliphatic rings. The zero-order valence-electron chi connectivity index (χ0n) is 16.3. The molecule has 0 atom stereocenters. The molecular weight excluding hydrogens is 453 g/mol. The predicted molar refractivity (Wildman–Crippen MR) is 123 cm³/mol. The highest BCUT2D eigenvalue weighted by molar-refractivity contribution is 14.0. The Kier molecular flexibility index (Phi) is 11.4. The van der Waals surface area contributed by atoms with Crippen LogP contribution in [0.15, 0.2) is 53.5 Å². The number of guanidine groups is 1. The first-order chi connectivity index (χ1) is 12.7. The molecule has 0 radical (unpaired) electrons. The van der Waals surface area contributed by atoms with Crippen LogP contribution in [0.25, 0.3) is 0 Å². The number of aromatic nitrogens is 1. The lowest BCUT2D eigenvalue weighted by molar-refractivity contribution is 0.125. The molecule has 6 nitrogen and oxygen atoms in total. The third kappa shape index (κ3) is 9.05. The van der Waals surface area contributed by atoms with Gasteiger partial charge in [-0.3, -0.25) is 0 Å². The molecule has 0 saturated heterocycles. The minimum Gasteiger partial charge on any atom is -0.375 e. The van der Waals surface area contributed by atoms with E-state index in [-0.39, 0.29) is 24.0 Å². The minimum absolute atomic E-state index is 0. The maximum absolute atomic E-state index is 5.69. The van der Waals surface area contributed by atoms with Gasteiger partial charge in [-0.15, -0.1) is 24.0 Å². The van der Waals surface area contributed by atoms with E-state index >= 15 is 0 Å². The molecular formula is C20H30IN5O. The molecule has 27 heavy (non-hydrogen) atoms. The molecule has 0 spiro atoms. The van der Waals surface area contributed by atoms with Gasteiger partial charge in [-0.25, -0.2) is 9.98 Å². The van der Waals surface area contributed by atoms with Gasteiger partial charge in [0.2, 0.25) is 0 Å². The molecule has 0 amide bonds. The van der Waals surface area contributed by atoms with Gasteiger partial charge in [0.15, 0.2) is 5.96 Å². The number of nitrogens with zero attached hydrogens (tertiary/aromatic N) is 3. The summed E-state index contributed by atoms with van der Waals surface area (Å²) >= 11 is 0. The number of aliphatic imine (C=N–C) groups is 1. The van der Waals surface area contributed by atoms with Gasteiger partial charge in [-0.2, -0.15) is 0 Å². The molecule has 1 aromatic heterocycles. The Morgan fingerprint density at radius 1 is 1.07 bits per heavy atom. The van der Waals surface area contributed by atoms with Gasteiger partial charge in [0, 0.05) is 27.2 Å². The number of hydrogen-bond acceptors (Lipinski definition) is 4. The first kappa shape index (κ1) is 23.2. The van der Waals surface area contributed by atoms with Crippen molar-refractivity contribution in [2.45, 2.75) is 20.1 Å². The Balaban J connectivity index is 0.00000364. The molecule has 1 aromatic carbocycles. The summed E-state index contributed by atoms with van der Waals surface area (Å²) in [4.78, 5) is 11.2. The average Bonchev–Trinajstić information content (AvgIpc) is 2.66. The Hall–Kier alpha value is -1.87. The van der Waals surface area contributed by atoms with E-state index in [1.165, 1.54) is 5.56 Å². The summed E-state index contributed by atoms with van der Waals surface area (Å²) in [6.45, 7) is 5.33. The van der Waals surface area contributed by atoms with Crippen molar-refractivity contribution in [1.29, 1.82) is 0 Å². The second kappa shape index (κ2) is 13.3. The van der Waals surface area contributed by atoms with Crippen molar-refractivity contribution in [3.63, 3.8) is 0 Å². The summed E-state index contributed by atoms with van der Waals surface area (Å²) in [5.74, 6) is 1.71. The fourth-order valence-electron chi connectivity index (χ4n) is 2.31. The molecule has 1 heterocycles. The highest BCUT2D eigenvalue weighted by Crippen LogP contribution is 2.08. The molecule has 0 bridgehead atoms. The standard InChI is InChI=1S/C20H29N5O.HI/c1-4-21-20(22-13-14-26-16-17-9-6-5-7-10-17)23-15-18-11-8-12-19(24-18)25(2)3;/h5-12H,4,13-16H2,1-3H3,(H2,21,22,23);1H. The van der Waals surface area contributed by atoms with Crippen molar-refractivity contribution >= 4 is 35.8 Å². The first-order valence-electron chi connectivity index (χ1n) is 8.96. The third-order valence-corrected chi connectivity index (χ3v) is 3.64. The zero-order chi connectivity index (χ0) is 18.6. The fraction of sp³-hybridized carbons (Fsp3) is 0.400. The van der Waals surface area contributed by atoms with Gasteiger partial charge in [-0.05, 0) is 24.6 Å². The van der Waals surface area contributed by atoms with Crippen LogP contribution in [0.4, 0.5) is 5.82 Å². The molecule has 0 saturated carbocycles. The van der Waals surface area contributed by atoms with Crippen molar-refractivity contribution < 1.29 is 4.74 Å². The van der Waals surface area contributed by atoms with E-state index in [2.05, 4.69) is 32.7 Å². The van der Waals surface area contributed by atoms with Crippen LogP contribution in [0.2, 0.25) is 0 Å². The predicted octanol–water partition coefficient (Wildman–Crippen LogP) is 3.04. The fourth-order valence-corrected chi connectivity index (χ4v) is 2.31. The molecule has 148 valence electrons. The smallest absolute Gasteiger partial charge is 0.191 e. The van der Waals surface area contributed by atoms with Crippen LogP contribution < -0.4 is 15.5 Å². The average molecular weight is 483 g/mol. The largest absolute Gasteiger partial charge is 0.375 e. The number of ether oxygens (including phenoxy) is 1. The van der Waals surface area contributed by atoms with Crippen molar-refractivity contribution in [1.82, 2.24) is 15.6 Å². The van der Waals surface area contributed by atoms with Gasteiger partial charge in [-0.1, -0.05) is 36.4 Å². The number of halogens is 1. The molecule has 2 rings (SSSR count). The van der Waals surface area contributed by atoms with Gasteiger partial charge >= 0.3 is 0 Å². The van der Waals surface area contributed by atoms with E-state index in [1.807, 2.05) is 62.3 Å². The highest BCUT2D eigenvalue weighted by Gasteiger charge is 2.01. The van der Waals surface area contributed by atoms with Crippen LogP contribution in [0.5, 0.6) is 0 Å². The Labute approximate surface area is 179 Å². The van der Waals surface area contributed by atoms with Crippen molar-refractivity contribution in [3.05, 3.63) is 59.8 Å². The minimum atomic E-state index is 0. The number of nitrogens with one attached hydrogen (secondary N) is 2. The van der Waals surface area contributed by atoms with E-state index in [9.17, 15) is 0 Å². The number of rotatable bonds is 9. The van der Waals surface area contributed by atoms with E-state index in [0.29, 0.717) is 26.3 Å². The van der Waals surface area contributed by atoms with Crippen LogP contribution in [-0.4, -0.2) is 44.7 Å². The molecule has 2 aromatic rings. The normalized spacial score (nSPS) is 10.9. The van der Waals surface area contributed by atoms with Crippen LogP contribution in [0.1, 0.15) is 18.2 Å². The molecule has 0 aliphatic heterocycles. The maximum atomic E-state index is 5.69. The van der Waals surface area contributed by atoms with E-state index in [1.54, 1.807) is 0 Å². The Bertz CT molecular complexity index is 679. The molecule has 7 heteroatoms. The van der Waals surface area contributed by atoms with E-state index < -0.39 is 0 Å². The van der Waals surface area contributed by atoms with Crippen molar-refractivity contribution in [2.24, 2.45) is 4.99 Å². The second-order valence-corrected chi connectivity index (χ2v) is 6.04. The third-order valence-electron chi connectivity index (χ3n) is 3.64. The summed E-state index contributed by atoms with van der Waals surface area (Å²) in [5.41, 5.74) is 2.12. The Morgan fingerprint density at radius 3 is 2.56 bits per heavy atom. The summed E-state index contributed by atoms with van der Waals surface area (Å²) in [7, 11) is 3.97. The maximum Gasteiger partial charge on any atom is 0.191 e. The van der Waals surface area contributed by atoms with Gasteiger partial charge in [0.25, 0.3) is 0 Å². The quantitative estimate of drug-likeness (QED) is 0.249. The summed E-state index contributed by atoms with van der Waals surface area (Å²) in [6.07, 6.45) is 0. The van der Waals surface area contributed by atoms with Crippen LogP contribution in [0.3, 0.4) is 0 Å². The number of pyridine rings is 1. The van der Waals surface area contributed by atoms with Gasteiger partial charge in [0.1, 0.15) is 5.82 Å². The van der Waals surface area contributed by atoms with Gasteiger partial charge in [0.05, 0.1) is 25.5 Å². The highest BCUT2D eigenvalue weighted by atomic mass is 127. The number of benzene rings is 1. The topological polar surface area (TPSA) is 61.8 Å². The van der Waals surface area contributed by atoms with Crippen molar-refractivity contribution in [2.75, 3.05) is 38.7 Å². The zero-order valence-corrected chi connectivity index (χ0v) is 18.6. The SMILES string of the molecule is CCNC(=NCc1cccc(N(C)C)n1)NCCOCc1ccccc1.I. The van der Waals surface area contributed by atoms with Crippen molar-refractivity contribution in [3.8, 4) is 0 Å². The summed E-state index contributed by atoms with van der Waals surface area (Å²) in [5, 5.41) is 6.53. The number of anilines is 1. The molecule has 0 fully saturated rings. The number of hydrogen-bond donors (Lipinski definition) is 2. The summed E-state index contributed by atoms with van der Waals surface area (Å²) in [6, 6.07) is 16.2. The second-order valence-electron chi connectivity index (χ2n) is 6.04. The van der Waals surface area contributed by atoms with Crippen LogP contribution >= 0.6 is 24.0 Å². The molecule has 0 aliphatic carbocycles. The van der Waals surface area contributed by atoms with Gasteiger partial charge < -0.3 is 20.3 Å².